The second-order valence-corrected chi connectivity index (χ2v) is 13.9. The molecule has 2 heterocycles. The van der Waals surface area contributed by atoms with Gasteiger partial charge in [-0.25, -0.2) is 13.2 Å². The van der Waals surface area contributed by atoms with Crippen molar-refractivity contribution in [2.24, 2.45) is 0 Å². The van der Waals surface area contributed by atoms with Crippen LogP contribution in [0.3, 0.4) is 0 Å². The Morgan fingerprint density at radius 1 is 0.913 bits per heavy atom. The van der Waals surface area contributed by atoms with Crippen LogP contribution in [0.4, 0.5) is 5.69 Å². The van der Waals surface area contributed by atoms with E-state index in [2.05, 4.69) is 0 Å². The molecule has 1 amide bonds. The lowest BCUT2D eigenvalue weighted by molar-refractivity contribution is -0.136. The van der Waals surface area contributed by atoms with Gasteiger partial charge in [0.25, 0.3) is 5.91 Å². The normalized spacial score (nSPS) is 14.6. The molecule has 5 rings (SSSR count). The Hall–Kier alpha value is -3.86. The summed E-state index contributed by atoms with van der Waals surface area (Å²) in [6.45, 7) is 5.13. The predicted octanol–water partition coefficient (Wildman–Crippen LogP) is 8.12. The monoisotopic (exact) mass is 698 g/mol. The Labute approximate surface area is 282 Å². The number of halogens is 3. The number of rotatable bonds is 9. The van der Waals surface area contributed by atoms with Gasteiger partial charge in [-0.15, -0.1) is 0 Å². The maximum Gasteiger partial charge on any atom is 0.340 e. The number of hydrogen-bond acceptors (Lipinski definition) is 6. The lowest BCUT2D eigenvalue weighted by atomic mass is 10.1. The van der Waals surface area contributed by atoms with Gasteiger partial charge in [-0.05, 0) is 86.5 Å². The topological polar surface area (TPSA) is 97.1 Å². The SMILES string of the molecule is COC(=O)C1=C(C)N(c2ccc(C)c(Cl)c2)C(=O)/C1=C/c1ccc(CN(Cc2ccc(Cl)cc2Cl)S(=O)(=O)c2ccc(C)cc2)o1. The number of esters is 1. The van der Waals surface area contributed by atoms with E-state index in [4.69, 9.17) is 44.0 Å². The Morgan fingerprint density at radius 2 is 1.63 bits per heavy atom. The molecule has 1 aromatic heterocycles. The lowest BCUT2D eigenvalue weighted by Gasteiger charge is -2.22. The first-order chi connectivity index (χ1) is 21.8. The van der Waals surface area contributed by atoms with Gasteiger partial charge in [-0.3, -0.25) is 9.69 Å². The molecular weight excluding hydrogens is 671 g/mol. The van der Waals surface area contributed by atoms with Crippen LogP contribution in [0.1, 0.15) is 35.1 Å². The number of hydrogen-bond donors (Lipinski definition) is 0. The highest BCUT2D eigenvalue weighted by Gasteiger charge is 2.38. The van der Waals surface area contributed by atoms with Crippen LogP contribution in [0.5, 0.6) is 0 Å². The van der Waals surface area contributed by atoms with Crippen molar-refractivity contribution in [3.63, 3.8) is 0 Å². The smallest absolute Gasteiger partial charge is 0.340 e. The molecule has 0 saturated heterocycles. The maximum atomic E-state index is 13.8. The summed E-state index contributed by atoms with van der Waals surface area (Å²) in [7, 11) is -2.78. The number of aryl methyl sites for hydroxylation is 2. The predicted molar refractivity (Wildman–Crippen MR) is 179 cm³/mol. The molecule has 0 bridgehead atoms. The van der Waals surface area contributed by atoms with E-state index in [-0.39, 0.29) is 34.9 Å². The minimum Gasteiger partial charge on any atom is -0.465 e. The minimum atomic E-state index is -4.01. The molecule has 4 aromatic rings. The van der Waals surface area contributed by atoms with Gasteiger partial charge in [0.05, 0.1) is 35.4 Å². The van der Waals surface area contributed by atoms with E-state index < -0.39 is 21.9 Å². The number of allylic oxidation sites excluding steroid dienone is 1. The molecule has 0 atom stereocenters. The molecule has 0 fully saturated rings. The fourth-order valence-corrected chi connectivity index (χ4v) is 7.04. The molecule has 0 spiro atoms. The van der Waals surface area contributed by atoms with E-state index in [0.29, 0.717) is 37.8 Å². The van der Waals surface area contributed by atoms with Gasteiger partial charge in [-0.1, -0.05) is 64.6 Å². The molecule has 0 unspecified atom stereocenters. The number of anilines is 1. The Bertz CT molecular complexity index is 2020. The molecule has 3 aromatic carbocycles. The second kappa shape index (κ2) is 13.5. The lowest BCUT2D eigenvalue weighted by Crippen LogP contribution is -2.30. The third-order valence-electron chi connectivity index (χ3n) is 7.52. The van der Waals surface area contributed by atoms with Crippen LogP contribution in [0.25, 0.3) is 6.08 Å². The molecule has 12 heteroatoms. The van der Waals surface area contributed by atoms with Gasteiger partial charge in [0.15, 0.2) is 0 Å². The van der Waals surface area contributed by atoms with Crippen LogP contribution < -0.4 is 4.90 Å². The summed E-state index contributed by atoms with van der Waals surface area (Å²) in [5.74, 6) is -0.648. The third kappa shape index (κ3) is 6.79. The van der Waals surface area contributed by atoms with Crippen molar-refractivity contribution in [2.75, 3.05) is 12.0 Å². The first kappa shape index (κ1) is 33.5. The average molecular weight is 700 g/mol. The summed E-state index contributed by atoms with van der Waals surface area (Å²) < 4.78 is 40.0. The molecular formula is C34H29Cl3N2O6S. The van der Waals surface area contributed by atoms with E-state index in [9.17, 15) is 18.0 Å². The number of carbonyl (C=O) groups is 2. The Morgan fingerprint density at radius 3 is 2.28 bits per heavy atom. The molecule has 8 nitrogen and oxygen atoms in total. The summed E-state index contributed by atoms with van der Waals surface area (Å²) in [6, 6.07) is 19.8. The number of sulfonamides is 1. The summed E-state index contributed by atoms with van der Waals surface area (Å²) in [6.07, 6.45) is 1.44. The van der Waals surface area contributed by atoms with Crippen molar-refractivity contribution < 1.29 is 27.2 Å². The summed E-state index contributed by atoms with van der Waals surface area (Å²) in [5, 5.41) is 1.21. The molecule has 0 aliphatic carbocycles. The van der Waals surface area contributed by atoms with Crippen molar-refractivity contribution in [2.45, 2.75) is 38.8 Å². The van der Waals surface area contributed by atoms with Crippen molar-refractivity contribution in [3.05, 3.63) is 133 Å². The summed E-state index contributed by atoms with van der Waals surface area (Å²) in [5.41, 5.74) is 3.28. The van der Waals surface area contributed by atoms with Crippen LogP contribution in [0.15, 0.2) is 99.0 Å². The first-order valence-electron chi connectivity index (χ1n) is 14.0. The highest BCUT2D eigenvalue weighted by molar-refractivity contribution is 7.89. The number of carbonyl (C=O) groups excluding carboxylic acids is 2. The zero-order chi connectivity index (χ0) is 33.3. The molecule has 0 saturated carbocycles. The van der Waals surface area contributed by atoms with Gasteiger partial charge in [0, 0.05) is 27.3 Å². The molecule has 238 valence electrons. The Kier molecular flexibility index (Phi) is 9.81. The number of furan rings is 1. The molecule has 0 N–H and O–H groups in total. The molecule has 0 radical (unpaired) electrons. The number of nitrogens with zero attached hydrogens (tertiary/aromatic N) is 2. The quantitative estimate of drug-likeness (QED) is 0.129. The van der Waals surface area contributed by atoms with E-state index in [1.807, 2.05) is 13.8 Å². The summed E-state index contributed by atoms with van der Waals surface area (Å²) >= 11 is 18.8. The van der Waals surface area contributed by atoms with E-state index in [1.54, 1.807) is 79.7 Å². The van der Waals surface area contributed by atoms with Crippen LogP contribution in [-0.4, -0.2) is 31.7 Å². The van der Waals surface area contributed by atoms with Gasteiger partial charge in [-0.2, -0.15) is 4.31 Å². The maximum absolute atomic E-state index is 13.8. The standard InChI is InChI=1S/C34H29Cl3N2O6S/c1-20-5-13-28(14-6-20)46(42,43)38(18-23-8-9-24(35)15-31(23)37)19-27-12-11-26(45-27)17-29-32(34(41)44-4)22(3)39(33(29)40)25-10-7-21(2)30(36)16-25/h5-17H,18-19H2,1-4H3/b29-17+. The zero-order valence-electron chi connectivity index (χ0n) is 25.3. The number of amides is 1. The second-order valence-electron chi connectivity index (χ2n) is 10.7. The van der Waals surface area contributed by atoms with Crippen LogP contribution >= 0.6 is 34.8 Å². The van der Waals surface area contributed by atoms with Gasteiger partial charge < -0.3 is 9.15 Å². The molecule has 1 aliphatic rings. The minimum absolute atomic E-state index is 0.0547. The number of methoxy groups -OCH3 is 1. The third-order valence-corrected chi connectivity index (χ3v) is 10.3. The highest BCUT2D eigenvalue weighted by Crippen LogP contribution is 2.37. The average Bonchev–Trinajstić information content (AvgIpc) is 3.55. The van der Waals surface area contributed by atoms with Gasteiger partial charge in [0.2, 0.25) is 10.0 Å². The van der Waals surface area contributed by atoms with E-state index >= 15 is 0 Å². The number of ether oxygens (including phenoxy) is 1. The van der Waals surface area contributed by atoms with Crippen molar-refractivity contribution in [3.8, 4) is 0 Å². The summed E-state index contributed by atoms with van der Waals surface area (Å²) in [4.78, 5) is 28.1. The van der Waals surface area contributed by atoms with Crippen molar-refractivity contribution in [1.29, 1.82) is 0 Å². The first-order valence-corrected chi connectivity index (χ1v) is 16.6. The van der Waals surface area contributed by atoms with Crippen LogP contribution in [0, 0.1) is 13.8 Å². The van der Waals surface area contributed by atoms with E-state index in [1.165, 1.54) is 22.4 Å². The number of benzene rings is 3. The highest BCUT2D eigenvalue weighted by atomic mass is 35.5. The molecule has 46 heavy (non-hydrogen) atoms. The van der Waals surface area contributed by atoms with Crippen molar-refractivity contribution >= 4 is 68.5 Å². The Balaban J connectivity index is 1.50. The largest absolute Gasteiger partial charge is 0.465 e. The van der Waals surface area contributed by atoms with Gasteiger partial charge >= 0.3 is 5.97 Å². The van der Waals surface area contributed by atoms with E-state index in [0.717, 1.165) is 11.1 Å². The van der Waals surface area contributed by atoms with Gasteiger partial charge in [0.1, 0.15) is 11.5 Å². The molecule has 1 aliphatic heterocycles. The van der Waals surface area contributed by atoms with Crippen LogP contribution in [0.2, 0.25) is 15.1 Å². The fraction of sp³-hybridized carbons (Fsp3) is 0.176. The van der Waals surface area contributed by atoms with Crippen LogP contribution in [-0.2, 0) is 37.4 Å². The zero-order valence-corrected chi connectivity index (χ0v) is 28.4. The fourth-order valence-electron chi connectivity index (χ4n) is 5.01. The van der Waals surface area contributed by atoms with Crippen molar-refractivity contribution in [1.82, 2.24) is 4.31 Å².